The monoisotopic (exact) mass is 427 g/mol. The van der Waals surface area contributed by atoms with Crippen LogP contribution in [0.25, 0.3) is 17.7 Å². The molecule has 6 rings (SSSR count). The van der Waals surface area contributed by atoms with Crippen molar-refractivity contribution in [2.45, 2.75) is 71.3 Å². The molecule has 170 valence electrons. The molecule has 0 N–H and O–H groups in total. The minimum absolute atomic E-state index is 0.355. The van der Waals surface area contributed by atoms with Gasteiger partial charge in [0.15, 0.2) is 0 Å². The van der Waals surface area contributed by atoms with Crippen molar-refractivity contribution < 1.29 is 0 Å². The first kappa shape index (κ1) is 21.0. The normalized spacial score (nSPS) is 44.1. The molecule has 0 amide bonds. The van der Waals surface area contributed by atoms with E-state index in [-0.39, 0.29) is 0 Å². The van der Waals surface area contributed by atoms with E-state index in [2.05, 4.69) is 75.8 Å². The predicted octanol–water partition coefficient (Wildman–Crippen LogP) is 7.69. The van der Waals surface area contributed by atoms with Crippen LogP contribution < -0.4 is 0 Å². The van der Waals surface area contributed by atoms with Crippen molar-refractivity contribution in [3.8, 4) is 0 Å². The Morgan fingerprint density at radius 2 is 1.81 bits per heavy atom. The second kappa shape index (κ2) is 6.95. The fourth-order valence-corrected chi connectivity index (χ4v) is 10.1. The molecule has 5 aliphatic rings. The largest absolute Gasteiger partial charge is 0.306 e. The molecule has 2 spiro atoms. The average molecular weight is 428 g/mol. The summed E-state index contributed by atoms with van der Waals surface area (Å²) in [7, 11) is 4.60. The van der Waals surface area contributed by atoms with E-state index in [9.17, 15) is 0 Å². The summed E-state index contributed by atoms with van der Waals surface area (Å²) in [6.07, 6.45) is 20.6. The number of rotatable bonds is 4. The zero-order valence-electron chi connectivity index (χ0n) is 20.7. The number of hydrogen-bond acceptors (Lipinski definition) is 1. The third-order valence-electron chi connectivity index (χ3n) is 11.3. The summed E-state index contributed by atoms with van der Waals surface area (Å²) in [5, 5.41) is 0. The maximum absolute atomic E-state index is 4.11. The van der Waals surface area contributed by atoms with E-state index in [1.54, 1.807) is 5.57 Å². The van der Waals surface area contributed by atoms with Gasteiger partial charge in [-0.25, -0.2) is 0 Å². The molecule has 7 unspecified atom stereocenters. The number of fused-ring (bicyclic) bond motifs is 1. The van der Waals surface area contributed by atoms with Gasteiger partial charge in [-0.15, -0.1) is 0 Å². The molecule has 1 aromatic carbocycles. The van der Waals surface area contributed by atoms with Crippen LogP contribution in [0.5, 0.6) is 0 Å². The molecule has 1 nitrogen and oxygen atoms in total. The molecule has 0 aliphatic heterocycles. The Morgan fingerprint density at radius 1 is 1.00 bits per heavy atom. The van der Waals surface area contributed by atoms with Crippen molar-refractivity contribution in [3.05, 3.63) is 53.6 Å². The Hall–Kier alpha value is -1.60. The van der Waals surface area contributed by atoms with E-state index in [0.29, 0.717) is 16.2 Å². The number of hydrogen-bond donors (Lipinski definition) is 0. The lowest BCUT2D eigenvalue weighted by molar-refractivity contribution is 0.0846. The van der Waals surface area contributed by atoms with Gasteiger partial charge in [-0.05, 0) is 135 Å². The quantitative estimate of drug-likeness (QED) is 0.476. The lowest BCUT2D eigenvalue weighted by atomic mass is 9.59. The lowest BCUT2D eigenvalue weighted by Crippen LogP contribution is -2.39. The Bertz CT molecular complexity index is 1010. The fourth-order valence-electron chi connectivity index (χ4n) is 10.1. The van der Waals surface area contributed by atoms with Gasteiger partial charge in [-0.3, -0.25) is 0 Å². The molecule has 4 fully saturated rings. The van der Waals surface area contributed by atoms with E-state index in [0.717, 1.165) is 23.8 Å². The van der Waals surface area contributed by atoms with Crippen LogP contribution >= 0.6 is 0 Å². The van der Waals surface area contributed by atoms with Crippen LogP contribution in [-0.2, 0) is 0 Å². The minimum atomic E-state index is 0.355. The van der Waals surface area contributed by atoms with Crippen molar-refractivity contribution in [2.75, 3.05) is 14.1 Å². The molecule has 1 heteroatoms. The van der Waals surface area contributed by atoms with Crippen molar-refractivity contribution in [1.82, 2.24) is 4.90 Å². The van der Waals surface area contributed by atoms with Gasteiger partial charge in [0.25, 0.3) is 0 Å². The van der Waals surface area contributed by atoms with Crippen LogP contribution in [0.4, 0.5) is 0 Å². The number of benzene rings is 1. The molecule has 0 bridgehead atoms. The van der Waals surface area contributed by atoms with Crippen molar-refractivity contribution in [1.29, 1.82) is 0 Å². The summed E-state index contributed by atoms with van der Waals surface area (Å²) >= 11 is 0. The summed E-state index contributed by atoms with van der Waals surface area (Å²) in [5.41, 5.74) is 7.37. The predicted molar refractivity (Wildman–Crippen MR) is 137 cm³/mol. The van der Waals surface area contributed by atoms with Gasteiger partial charge in [0.1, 0.15) is 0 Å². The van der Waals surface area contributed by atoms with Crippen LogP contribution in [-0.4, -0.2) is 25.0 Å². The van der Waals surface area contributed by atoms with Gasteiger partial charge in [-0.1, -0.05) is 49.9 Å². The fraction of sp³-hybridized carbons (Fsp3) is 0.613. The molecule has 5 aliphatic carbocycles. The molecular formula is C31H41N. The van der Waals surface area contributed by atoms with Gasteiger partial charge in [-0.2, -0.15) is 0 Å². The molecule has 0 saturated heterocycles. The summed E-state index contributed by atoms with van der Waals surface area (Å²) in [4.78, 5) is 2.51. The summed E-state index contributed by atoms with van der Waals surface area (Å²) in [6, 6.07) is 7.92. The van der Waals surface area contributed by atoms with Gasteiger partial charge >= 0.3 is 0 Å². The van der Waals surface area contributed by atoms with Crippen molar-refractivity contribution in [2.24, 2.45) is 34.0 Å². The standard InChI is InChI=1S/C31H41N/c1-6-8-22-9-10-23(19-21(22)7-2)26-11-12-27-29(26,3)16-15-28-30-18-14-25(32(4)5)20-24(30)13-17-31(27,28)30/h6-11,19,24-25,27-28H,2,12-18,20H2,1,3-5H3/b8-6-. The molecule has 1 aromatic rings. The molecule has 0 aromatic heterocycles. The Labute approximate surface area is 195 Å². The van der Waals surface area contributed by atoms with Crippen LogP contribution in [0.2, 0.25) is 0 Å². The third-order valence-corrected chi connectivity index (χ3v) is 11.3. The van der Waals surface area contributed by atoms with E-state index < -0.39 is 0 Å². The smallest absolute Gasteiger partial charge is 0.00922 e. The summed E-state index contributed by atoms with van der Waals surface area (Å²) in [5.74, 6) is 2.89. The van der Waals surface area contributed by atoms with Crippen LogP contribution in [0.3, 0.4) is 0 Å². The third kappa shape index (κ3) is 2.39. The molecular weight excluding hydrogens is 386 g/mol. The number of allylic oxidation sites excluding steroid dienone is 3. The highest BCUT2D eigenvalue weighted by Gasteiger charge is 2.85. The highest BCUT2D eigenvalue weighted by molar-refractivity contribution is 5.77. The van der Waals surface area contributed by atoms with Crippen LogP contribution in [0, 0.1) is 34.0 Å². The van der Waals surface area contributed by atoms with Gasteiger partial charge in [0.05, 0.1) is 0 Å². The van der Waals surface area contributed by atoms with E-state index in [1.165, 1.54) is 68.1 Å². The molecule has 4 saturated carbocycles. The first-order chi connectivity index (χ1) is 15.4. The van der Waals surface area contributed by atoms with Gasteiger partial charge < -0.3 is 4.90 Å². The summed E-state index contributed by atoms with van der Waals surface area (Å²) in [6.45, 7) is 8.84. The highest BCUT2D eigenvalue weighted by atomic mass is 15.1. The zero-order chi connectivity index (χ0) is 22.3. The van der Waals surface area contributed by atoms with Gasteiger partial charge in [0.2, 0.25) is 0 Å². The average Bonchev–Trinajstić information content (AvgIpc) is 3.04. The number of nitrogens with zero attached hydrogens (tertiary/aromatic N) is 1. The van der Waals surface area contributed by atoms with E-state index in [1.807, 2.05) is 6.08 Å². The zero-order valence-corrected chi connectivity index (χ0v) is 20.7. The second-order valence-corrected chi connectivity index (χ2v) is 12.2. The van der Waals surface area contributed by atoms with Crippen LogP contribution in [0.15, 0.2) is 36.9 Å². The first-order valence-electron chi connectivity index (χ1n) is 13.2. The van der Waals surface area contributed by atoms with E-state index >= 15 is 0 Å². The SMILES string of the molecule is C=Cc1cc(C2=CCC3C2(C)CCC2C45CCC(N(C)C)CC4CCC325)ccc1/C=C\C. The molecule has 7 atom stereocenters. The maximum Gasteiger partial charge on any atom is 0.00922 e. The first-order valence-corrected chi connectivity index (χ1v) is 13.2. The highest BCUT2D eigenvalue weighted by Crippen LogP contribution is 2.91. The van der Waals surface area contributed by atoms with Crippen molar-refractivity contribution >= 4 is 17.7 Å². The molecule has 0 heterocycles. The Morgan fingerprint density at radius 3 is 2.56 bits per heavy atom. The van der Waals surface area contributed by atoms with E-state index in [4.69, 9.17) is 0 Å². The second-order valence-electron chi connectivity index (χ2n) is 12.2. The van der Waals surface area contributed by atoms with Gasteiger partial charge in [0, 0.05) is 6.04 Å². The van der Waals surface area contributed by atoms with Crippen molar-refractivity contribution in [3.63, 3.8) is 0 Å². The minimum Gasteiger partial charge on any atom is -0.306 e. The Kier molecular flexibility index (Phi) is 4.56. The topological polar surface area (TPSA) is 3.24 Å². The van der Waals surface area contributed by atoms with Crippen LogP contribution in [0.1, 0.15) is 81.9 Å². The summed E-state index contributed by atoms with van der Waals surface area (Å²) < 4.78 is 0. The lowest BCUT2D eigenvalue weighted by Gasteiger charge is -2.44. The maximum atomic E-state index is 4.11. The Balaban J connectivity index is 1.33. The molecule has 32 heavy (non-hydrogen) atoms. The molecule has 0 radical (unpaired) electrons.